The molecule has 0 heterocycles. The minimum absolute atomic E-state index is 0. The summed E-state index contributed by atoms with van der Waals surface area (Å²) in [5.41, 5.74) is -1.58. The normalized spacial score (nSPS) is 10.5. The molecule has 0 amide bonds. The Labute approximate surface area is 132 Å². The molecule has 0 bridgehead atoms. The number of ketones is 2. The molecule has 0 aromatic rings. The number of carbonyl (C=O) groups excluding carboxylic acids is 3. The second-order valence-corrected chi connectivity index (χ2v) is 4.61. The molecule has 0 saturated heterocycles. The Morgan fingerprint density at radius 3 is 1.79 bits per heavy atom. The Balaban J connectivity index is 0. The van der Waals surface area contributed by atoms with Crippen molar-refractivity contribution in [1.29, 1.82) is 0 Å². The van der Waals surface area contributed by atoms with Gasteiger partial charge in [-0.25, -0.2) is 0 Å². The van der Waals surface area contributed by atoms with Gasteiger partial charge in [0.25, 0.3) is 0 Å². The molecule has 19 heavy (non-hydrogen) atoms. The van der Waals surface area contributed by atoms with Crippen molar-refractivity contribution in [3.8, 4) is 0 Å². The van der Waals surface area contributed by atoms with Crippen molar-refractivity contribution in [3.63, 3.8) is 0 Å². The monoisotopic (exact) mass is 380 g/mol. The standard InChI is InChI=1S/C14H24O4.Sn.4H/c1-5-7-9-14(11(3)15,12(4)16)13(17)18-10-8-6-2;;;;;/h5-10H2,1-4H3;;;;;. The van der Waals surface area contributed by atoms with Crippen molar-refractivity contribution in [1.82, 2.24) is 0 Å². The molecule has 0 spiro atoms. The van der Waals surface area contributed by atoms with Gasteiger partial charge in [-0.05, 0) is 26.7 Å². The third-order valence-corrected chi connectivity index (χ3v) is 3.19. The summed E-state index contributed by atoms with van der Waals surface area (Å²) in [6, 6.07) is 0. The van der Waals surface area contributed by atoms with Crippen LogP contribution in [0.5, 0.6) is 0 Å². The SMILES string of the molecule is CCCCOC(=O)C(CCCC)(C(C)=O)C(C)=O.[SnH4]. The first-order valence-corrected chi connectivity index (χ1v) is 6.62. The number of hydrogen-bond acceptors (Lipinski definition) is 4. The number of hydrogen-bond donors (Lipinski definition) is 0. The third kappa shape index (κ3) is 5.63. The van der Waals surface area contributed by atoms with Crippen LogP contribution in [-0.2, 0) is 19.1 Å². The summed E-state index contributed by atoms with van der Waals surface area (Å²) in [4.78, 5) is 35.6. The average Bonchev–Trinajstić information content (AvgIpc) is 2.29. The fourth-order valence-corrected chi connectivity index (χ4v) is 1.86. The van der Waals surface area contributed by atoms with Gasteiger partial charge in [-0.2, -0.15) is 0 Å². The Morgan fingerprint density at radius 2 is 1.42 bits per heavy atom. The van der Waals surface area contributed by atoms with E-state index < -0.39 is 23.0 Å². The molecule has 0 aliphatic carbocycles. The molecule has 0 N–H and O–H groups in total. The fraction of sp³-hybridized carbons (Fsp3) is 0.786. The van der Waals surface area contributed by atoms with E-state index in [-0.39, 0.29) is 36.9 Å². The van der Waals surface area contributed by atoms with E-state index in [4.69, 9.17) is 4.74 Å². The second-order valence-electron chi connectivity index (χ2n) is 4.61. The Hall–Kier alpha value is -0.391. The molecule has 0 aromatic heterocycles. The molecule has 0 fully saturated rings. The molecule has 0 aliphatic rings. The van der Waals surface area contributed by atoms with Gasteiger partial charge in [0.1, 0.15) is 0 Å². The van der Waals surface area contributed by atoms with Crippen molar-refractivity contribution in [2.45, 2.75) is 59.8 Å². The average molecular weight is 379 g/mol. The van der Waals surface area contributed by atoms with E-state index in [9.17, 15) is 14.4 Å². The second kappa shape index (κ2) is 10.4. The molecule has 0 atom stereocenters. The quantitative estimate of drug-likeness (QED) is 0.262. The molecule has 4 nitrogen and oxygen atoms in total. The summed E-state index contributed by atoms with van der Waals surface area (Å²) < 4.78 is 5.09. The first-order valence-electron chi connectivity index (χ1n) is 6.62. The van der Waals surface area contributed by atoms with Gasteiger partial charge in [0.05, 0.1) is 6.61 Å². The summed E-state index contributed by atoms with van der Waals surface area (Å²) in [5, 5.41) is 0. The predicted octanol–water partition coefficient (Wildman–Crippen LogP) is 1.23. The van der Waals surface area contributed by atoms with Crippen molar-refractivity contribution in [2.75, 3.05) is 6.61 Å². The third-order valence-electron chi connectivity index (χ3n) is 3.19. The molecular weight excluding hydrogens is 351 g/mol. The molecule has 0 unspecified atom stereocenters. The molecule has 5 heteroatoms. The van der Waals surface area contributed by atoms with Gasteiger partial charge in [-0.3, -0.25) is 14.4 Å². The van der Waals surface area contributed by atoms with Crippen LogP contribution in [0.4, 0.5) is 0 Å². The van der Waals surface area contributed by atoms with Crippen LogP contribution < -0.4 is 0 Å². The van der Waals surface area contributed by atoms with Gasteiger partial charge in [-0.15, -0.1) is 0 Å². The van der Waals surface area contributed by atoms with Crippen LogP contribution >= 0.6 is 0 Å². The summed E-state index contributed by atoms with van der Waals surface area (Å²) in [5.74, 6) is -1.50. The van der Waals surface area contributed by atoms with Gasteiger partial charge in [0.15, 0.2) is 17.0 Å². The van der Waals surface area contributed by atoms with E-state index >= 15 is 0 Å². The fourth-order valence-electron chi connectivity index (χ4n) is 1.86. The van der Waals surface area contributed by atoms with Gasteiger partial charge in [-0.1, -0.05) is 33.1 Å². The van der Waals surface area contributed by atoms with Crippen molar-refractivity contribution >= 4 is 41.4 Å². The van der Waals surface area contributed by atoms with Crippen LogP contribution in [0.3, 0.4) is 0 Å². The summed E-state index contributed by atoms with van der Waals surface area (Å²) in [6.07, 6.45) is 3.37. The molecule has 0 aromatic carbocycles. The molecular formula is C14H28O4Sn. The first kappa shape index (κ1) is 20.9. The topological polar surface area (TPSA) is 60.4 Å². The summed E-state index contributed by atoms with van der Waals surface area (Å²) in [7, 11) is 0. The Bertz CT molecular complexity index is 299. The summed E-state index contributed by atoms with van der Waals surface area (Å²) >= 11 is 0. The van der Waals surface area contributed by atoms with Crippen LogP contribution in [0.2, 0.25) is 0 Å². The van der Waals surface area contributed by atoms with E-state index in [0.29, 0.717) is 6.42 Å². The van der Waals surface area contributed by atoms with Crippen LogP contribution in [-0.4, -0.2) is 48.1 Å². The number of unbranched alkanes of at least 4 members (excludes halogenated alkanes) is 2. The molecule has 0 saturated carbocycles. The number of ether oxygens (including phenoxy) is 1. The van der Waals surface area contributed by atoms with E-state index in [2.05, 4.69) is 0 Å². The maximum absolute atomic E-state index is 12.1. The summed E-state index contributed by atoms with van der Waals surface area (Å²) in [6.45, 7) is 6.78. The zero-order valence-corrected chi connectivity index (χ0v) is 11.9. The van der Waals surface area contributed by atoms with Crippen LogP contribution in [0.25, 0.3) is 0 Å². The van der Waals surface area contributed by atoms with E-state index in [1.54, 1.807) is 0 Å². The predicted molar refractivity (Wildman–Crippen MR) is 80.5 cm³/mol. The van der Waals surface area contributed by atoms with Gasteiger partial charge < -0.3 is 4.74 Å². The van der Waals surface area contributed by atoms with Crippen molar-refractivity contribution in [2.24, 2.45) is 5.41 Å². The zero-order valence-electron chi connectivity index (χ0n) is 11.9. The van der Waals surface area contributed by atoms with Gasteiger partial charge in [0, 0.05) is 0 Å². The first-order chi connectivity index (χ1) is 8.43. The van der Waals surface area contributed by atoms with Crippen LogP contribution in [0, 0.1) is 5.41 Å². The van der Waals surface area contributed by atoms with Crippen LogP contribution in [0.15, 0.2) is 0 Å². The number of carbonyl (C=O) groups is 3. The zero-order chi connectivity index (χ0) is 14.2. The minimum atomic E-state index is -1.58. The van der Waals surface area contributed by atoms with E-state index in [1.807, 2.05) is 13.8 Å². The van der Waals surface area contributed by atoms with Crippen molar-refractivity contribution in [3.05, 3.63) is 0 Å². The molecule has 0 aliphatic heterocycles. The van der Waals surface area contributed by atoms with Crippen molar-refractivity contribution < 1.29 is 19.1 Å². The molecule has 0 rings (SSSR count). The molecule has 0 radical (unpaired) electrons. The maximum atomic E-state index is 12.1. The number of rotatable bonds is 9. The van der Waals surface area contributed by atoms with E-state index in [0.717, 1.165) is 19.3 Å². The molecule has 112 valence electrons. The Morgan fingerprint density at radius 1 is 0.947 bits per heavy atom. The van der Waals surface area contributed by atoms with E-state index in [1.165, 1.54) is 13.8 Å². The van der Waals surface area contributed by atoms with Gasteiger partial charge >= 0.3 is 29.9 Å². The number of Topliss-reactive ketones (excluding diaryl/α,β-unsaturated/α-hetero) is 2. The van der Waals surface area contributed by atoms with Gasteiger partial charge in [0.2, 0.25) is 0 Å². The number of esters is 1. The van der Waals surface area contributed by atoms with Crippen LogP contribution in [0.1, 0.15) is 59.8 Å². The Kier molecular flexibility index (Phi) is 11.5.